The third kappa shape index (κ3) is 41.8. The lowest BCUT2D eigenvalue weighted by Gasteiger charge is -2.24. The predicted octanol–water partition coefficient (Wildman–Crippen LogP) is 9.89. The summed E-state index contributed by atoms with van der Waals surface area (Å²) >= 11 is 4.85. The summed E-state index contributed by atoms with van der Waals surface area (Å²) in [5.74, 6) is -3.44. The number of carbonyl (C=O) groups excluding carboxylic acids is 8. The predicted molar refractivity (Wildman–Crippen MR) is 308 cm³/mol. The van der Waals surface area contributed by atoms with Crippen molar-refractivity contribution >= 4 is 99.7 Å². The van der Waals surface area contributed by atoms with Gasteiger partial charge in [-0.15, -0.1) is 0 Å². The largest absolute Gasteiger partial charge is 0.481 e. The molecule has 0 aliphatic rings. The van der Waals surface area contributed by atoms with E-state index in [1.807, 2.05) is 76.8 Å². The molecule has 0 bridgehead atoms. The number of carboxylic acids is 3. The smallest absolute Gasteiger partial charge is 0.307 e. The zero-order valence-electron chi connectivity index (χ0n) is 47.9. The van der Waals surface area contributed by atoms with Gasteiger partial charge in [-0.1, -0.05) is 84.2 Å². The zero-order chi connectivity index (χ0) is 58.9. The van der Waals surface area contributed by atoms with E-state index in [-0.39, 0.29) is 96.9 Å². The van der Waals surface area contributed by atoms with Crippen molar-refractivity contribution in [2.45, 2.75) is 178 Å². The summed E-state index contributed by atoms with van der Waals surface area (Å²) in [4.78, 5) is 127. The van der Waals surface area contributed by atoms with Crippen LogP contribution in [0.4, 0.5) is 0 Å². The lowest BCUT2D eigenvalue weighted by Crippen LogP contribution is -2.45. The van der Waals surface area contributed by atoms with Crippen molar-refractivity contribution in [2.75, 3.05) is 36.0 Å². The van der Waals surface area contributed by atoms with Gasteiger partial charge in [0.2, 0.25) is 11.8 Å². The number of carbonyl (C=O) groups is 11. The van der Waals surface area contributed by atoms with E-state index in [1.165, 1.54) is 34.6 Å². The molecule has 1 aromatic rings. The molecule has 0 fully saturated rings. The molecule has 16 nitrogen and oxygen atoms in total. The van der Waals surface area contributed by atoms with Crippen LogP contribution in [0, 0.1) is 41.4 Å². The molecule has 0 aromatic heterocycles. The third-order valence-corrected chi connectivity index (χ3v) is 13.7. The van der Waals surface area contributed by atoms with Crippen LogP contribution in [0.25, 0.3) is 0 Å². The summed E-state index contributed by atoms with van der Waals surface area (Å²) in [5.41, 5.74) is 0.853. The fourth-order valence-electron chi connectivity index (χ4n) is 7.74. The molecule has 7 atom stereocenters. The molecule has 1 aromatic carbocycles. The van der Waals surface area contributed by atoms with Crippen molar-refractivity contribution in [3.63, 3.8) is 0 Å². The topological polar surface area (TPSA) is 273 Å². The van der Waals surface area contributed by atoms with Crippen LogP contribution in [0.1, 0.15) is 165 Å². The summed E-state index contributed by atoms with van der Waals surface area (Å²) in [5, 5.41) is 32.7. The van der Waals surface area contributed by atoms with Gasteiger partial charge in [-0.05, 0) is 133 Å². The number of carboxylic acid groups (broad SMARTS) is 3. The van der Waals surface area contributed by atoms with Gasteiger partial charge in [0.15, 0.2) is 11.6 Å². The molecule has 19 heteroatoms. The fourth-order valence-corrected chi connectivity index (χ4v) is 9.30. The highest BCUT2D eigenvalue weighted by molar-refractivity contribution is 7.98. The van der Waals surface area contributed by atoms with E-state index in [0.717, 1.165) is 42.1 Å². The highest BCUT2D eigenvalue weighted by Gasteiger charge is 2.31. The average Bonchev–Trinajstić information content (AvgIpc) is 3.32. The highest BCUT2D eigenvalue weighted by atomic mass is 32.2. The maximum Gasteiger partial charge on any atom is 0.307 e. The number of aliphatic carboxylic acids is 3. The van der Waals surface area contributed by atoms with Crippen molar-refractivity contribution in [3.8, 4) is 0 Å². The van der Waals surface area contributed by atoms with Gasteiger partial charge >= 0.3 is 17.9 Å². The molecule has 0 spiro atoms. The first-order chi connectivity index (χ1) is 35.6. The number of hydrogen-bond acceptors (Lipinski definition) is 14. The van der Waals surface area contributed by atoms with Crippen molar-refractivity contribution in [2.24, 2.45) is 41.4 Å². The Morgan fingerprint density at radius 3 is 1.17 bits per heavy atom. The van der Waals surface area contributed by atoms with Gasteiger partial charge in [-0.2, -0.15) is 35.3 Å². The normalized spacial score (nSPS) is 13.5. The van der Waals surface area contributed by atoms with Gasteiger partial charge < -0.3 is 45.1 Å². The molecular weight excluding hydrogens is 1030 g/mol. The van der Waals surface area contributed by atoms with Gasteiger partial charge in [0.1, 0.15) is 23.1 Å². The van der Waals surface area contributed by atoms with E-state index < -0.39 is 53.7 Å². The van der Waals surface area contributed by atoms with E-state index >= 15 is 0 Å². The molecule has 0 aliphatic heterocycles. The minimum atomic E-state index is -1.03. The molecule has 434 valence electrons. The number of amides is 2. The molecule has 0 heterocycles. The minimum Gasteiger partial charge on any atom is -0.481 e. The molecule has 0 aliphatic carbocycles. The Bertz CT molecular complexity index is 1910. The van der Waals surface area contributed by atoms with Crippen molar-refractivity contribution in [1.82, 2.24) is 10.6 Å². The first-order valence-electron chi connectivity index (χ1n) is 26.4. The Balaban J connectivity index is -0.00000102. The number of thioether (sulfide) groups is 3. The number of hydrogen-bond donors (Lipinski definition) is 5. The summed E-state index contributed by atoms with van der Waals surface area (Å²) in [6.45, 7) is 17.3. The molecule has 0 radical (unpaired) electrons. The standard InChI is InChI=1S/C24H35NO5S.C15H27NO3S.C10H18O3.C8H14O3S/c1-16(2)12-21(25-23(28)19(10-11-31-4)13-17(3)26)22(27)15-20(24(29)30)14-18-8-6-5-7-9-18;1-10(2)8-14(12(4)18)16-15(19)13(6-7-20-5)9-11(3)17;1-3-4-5-6-9(10(12)13)7-8(2)11;1-6(9)5-7(8(10)11)3-4-12-2/h5-9,16,19-21H,10-15H2,1-4H3,(H,25,28)(H,29,30);10,13-14H,6-9H2,1-5H3,(H,16,19);9H,3-7H2,1-2H3,(H,12,13);7H,3-5H2,1-2H3,(H,10,11). The molecule has 5 N–H and O–H groups in total. The lowest BCUT2D eigenvalue weighted by molar-refractivity contribution is -0.144. The second-order valence-corrected chi connectivity index (χ2v) is 23.3. The van der Waals surface area contributed by atoms with E-state index in [9.17, 15) is 57.8 Å². The number of nitrogens with one attached hydrogen (secondary N) is 2. The van der Waals surface area contributed by atoms with E-state index in [0.29, 0.717) is 44.4 Å². The summed E-state index contributed by atoms with van der Waals surface area (Å²) in [6, 6.07) is 8.01. The third-order valence-electron chi connectivity index (χ3n) is 11.8. The number of ketones is 6. The van der Waals surface area contributed by atoms with Crippen LogP contribution in [0.5, 0.6) is 0 Å². The van der Waals surface area contributed by atoms with Crippen LogP contribution in [-0.2, 0) is 59.2 Å². The van der Waals surface area contributed by atoms with Crippen molar-refractivity contribution in [3.05, 3.63) is 35.9 Å². The van der Waals surface area contributed by atoms with E-state index in [2.05, 4.69) is 17.6 Å². The van der Waals surface area contributed by atoms with E-state index in [4.69, 9.17) is 10.2 Å². The Morgan fingerprint density at radius 2 is 0.829 bits per heavy atom. The van der Waals surface area contributed by atoms with Crippen LogP contribution in [-0.4, -0.2) is 128 Å². The monoisotopic (exact) mass is 1130 g/mol. The van der Waals surface area contributed by atoms with Gasteiger partial charge in [-0.25, -0.2) is 0 Å². The Kier molecular flexibility index (Phi) is 45.6. The fraction of sp³-hybridized carbons (Fsp3) is 0.702. The number of unbranched alkanes of at least 4 members (excludes halogenated alkanes) is 2. The molecular formula is C57H94N2O14S3. The van der Waals surface area contributed by atoms with Gasteiger partial charge in [-0.3, -0.25) is 33.6 Å². The van der Waals surface area contributed by atoms with Gasteiger partial charge in [0, 0.05) is 43.9 Å². The van der Waals surface area contributed by atoms with Crippen LogP contribution < -0.4 is 10.6 Å². The summed E-state index contributed by atoms with van der Waals surface area (Å²) in [6.07, 6.45) is 13.2. The van der Waals surface area contributed by atoms with Crippen molar-refractivity contribution < 1.29 is 68.1 Å². The van der Waals surface area contributed by atoms with Crippen LogP contribution in [0.3, 0.4) is 0 Å². The summed E-state index contributed by atoms with van der Waals surface area (Å²) in [7, 11) is 0. The van der Waals surface area contributed by atoms with E-state index in [1.54, 1.807) is 35.3 Å². The Labute approximate surface area is 467 Å². The first kappa shape index (κ1) is 75.9. The van der Waals surface area contributed by atoms with Crippen molar-refractivity contribution in [1.29, 1.82) is 0 Å². The van der Waals surface area contributed by atoms with Crippen LogP contribution in [0.15, 0.2) is 30.3 Å². The maximum absolute atomic E-state index is 13.0. The Hall–Kier alpha value is -4.36. The number of benzene rings is 1. The zero-order valence-corrected chi connectivity index (χ0v) is 50.3. The molecule has 0 saturated heterocycles. The molecule has 7 unspecified atom stereocenters. The molecule has 1 rings (SSSR count). The maximum atomic E-state index is 13.0. The SMILES string of the molecule is CCCCCC(CC(C)=O)C(=O)O.CSCCC(CC(C)=O)C(=O)NC(CC(C)C)C(=O)CC(Cc1ccccc1)C(=O)O.CSCCC(CC(C)=O)C(=O)NC(CC(C)C)C(C)=O.CSCCC(CC(C)=O)C(=O)O. The minimum absolute atomic E-state index is 0.00878. The average molecular weight is 1130 g/mol. The van der Waals surface area contributed by atoms with Crippen LogP contribution in [0.2, 0.25) is 0 Å². The highest BCUT2D eigenvalue weighted by Crippen LogP contribution is 2.20. The quantitative estimate of drug-likeness (QED) is 0.0385. The Morgan fingerprint density at radius 1 is 0.474 bits per heavy atom. The second-order valence-electron chi connectivity index (χ2n) is 20.3. The lowest BCUT2D eigenvalue weighted by atomic mass is 9.89. The van der Waals surface area contributed by atoms with Gasteiger partial charge in [0.05, 0.1) is 29.8 Å². The summed E-state index contributed by atoms with van der Waals surface area (Å²) < 4.78 is 0. The molecule has 76 heavy (non-hydrogen) atoms. The molecule has 0 saturated carbocycles. The number of rotatable bonds is 38. The molecule has 2 amide bonds. The second kappa shape index (κ2) is 45.6. The number of Topliss-reactive ketones (excluding diaryl/α,β-unsaturated/α-hetero) is 6. The van der Waals surface area contributed by atoms with Crippen LogP contribution >= 0.6 is 35.3 Å². The first-order valence-corrected chi connectivity index (χ1v) is 30.6. The van der Waals surface area contributed by atoms with Gasteiger partial charge in [0.25, 0.3) is 0 Å².